The number of imidazole rings is 1. The van der Waals surface area contributed by atoms with Crippen molar-refractivity contribution in [3.05, 3.63) is 28.3 Å². The Labute approximate surface area is 122 Å². The lowest BCUT2D eigenvalue weighted by atomic mass is 10.2. The fraction of sp³-hybridized carbons (Fsp3) is 0.429. The van der Waals surface area contributed by atoms with Gasteiger partial charge in [-0.3, -0.25) is 4.79 Å². The lowest BCUT2D eigenvalue weighted by molar-refractivity contribution is -0.123. The van der Waals surface area contributed by atoms with Crippen molar-refractivity contribution < 1.29 is 9.18 Å². The Morgan fingerprint density at radius 3 is 2.90 bits per heavy atom. The minimum absolute atomic E-state index is 0.0918. The van der Waals surface area contributed by atoms with E-state index in [1.165, 1.54) is 6.07 Å². The van der Waals surface area contributed by atoms with E-state index >= 15 is 0 Å². The van der Waals surface area contributed by atoms with E-state index in [0.717, 1.165) is 11.9 Å². The zero-order valence-corrected chi connectivity index (χ0v) is 12.6. The van der Waals surface area contributed by atoms with Gasteiger partial charge in [0.25, 0.3) is 0 Å². The van der Waals surface area contributed by atoms with Gasteiger partial charge in [0.15, 0.2) is 4.77 Å². The predicted octanol–water partition coefficient (Wildman–Crippen LogP) is 3.23. The zero-order valence-electron chi connectivity index (χ0n) is 11.8. The van der Waals surface area contributed by atoms with Gasteiger partial charge in [0.05, 0.1) is 11.0 Å². The molecule has 1 aromatic heterocycles. The van der Waals surface area contributed by atoms with E-state index in [-0.39, 0.29) is 11.7 Å². The van der Waals surface area contributed by atoms with Crippen molar-refractivity contribution in [2.45, 2.75) is 33.2 Å². The third-order valence-electron chi connectivity index (χ3n) is 3.31. The molecular weight excluding hydrogens is 277 g/mol. The zero-order chi connectivity index (χ0) is 14.9. The van der Waals surface area contributed by atoms with Crippen LogP contribution in [0.5, 0.6) is 0 Å². The summed E-state index contributed by atoms with van der Waals surface area (Å²) in [5.41, 5.74) is 1.88. The molecule has 0 spiro atoms. The smallest absolute Gasteiger partial charge is 0.242 e. The average molecular weight is 295 g/mol. The van der Waals surface area contributed by atoms with Crippen LogP contribution in [0.4, 0.5) is 4.39 Å². The fourth-order valence-electron chi connectivity index (χ4n) is 2.15. The second-order valence-electron chi connectivity index (χ2n) is 4.89. The van der Waals surface area contributed by atoms with Crippen molar-refractivity contribution in [1.29, 1.82) is 0 Å². The number of rotatable bonds is 4. The number of fused-ring (bicyclic) bond motifs is 1. The van der Waals surface area contributed by atoms with E-state index < -0.39 is 6.04 Å². The SMILES string of the molecule is CCCNC(=O)C(C)n1c(=S)[nH]c2cc(F)c(C)cc21. The van der Waals surface area contributed by atoms with Crippen molar-refractivity contribution in [3.63, 3.8) is 0 Å². The Morgan fingerprint density at radius 1 is 1.55 bits per heavy atom. The van der Waals surface area contributed by atoms with Crippen LogP contribution in [0.3, 0.4) is 0 Å². The minimum atomic E-state index is -0.437. The molecule has 0 saturated heterocycles. The number of nitrogens with zero attached hydrogens (tertiary/aromatic N) is 1. The molecule has 0 aliphatic heterocycles. The quantitative estimate of drug-likeness (QED) is 0.851. The van der Waals surface area contributed by atoms with Gasteiger partial charge in [0.1, 0.15) is 11.9 Å². The number of aromatic nitrogens is 2. The first-order chi connectivity index (χ1) is 9.45. The summed E-state index contributed by atoms with van der Waals surface area (Å²) in [7, 11) is 0. The van der Waals surface area contributed by atoms with E-state index in [4.69, 9.17) is 12.2 Å². The van der Waals surface area contributed by atoms with Crippen LogP contribution in [0.1, 0.15) is 31.9 Å². The predicted molar refractivity (Wildman–Crippen MR) is 79.8 cm³/mol. The number of benzene rings is 1. The Kier molecular flexibility index (Phi) is 4.23. The van der Waals surface area contributed by atoms with Crippen LogP contribution in [0, 0.1) is 17.5 Å². The molecule has 2 aromatic rings. The van der Waals surface area contributed by atoms with Gasteiger partial charge in [-0.15, -0.1) is 0 Å². The van der Waals surface area contributed by atoms with E-state index in [1.54, 1.807) is 24.5 Å². The molecule has 0 radical (unpaired) electrons. The van der Waals surface area contributed by atoms with Crippen LogP contribution < -0.4 is 5.32 Å². The van der Waals surface area contributed by atoms with Crippen LogP contribution >= 0.6 is 12.2 Å². The monoisotopic (exact) mass is 295 g/mol. The molecule has 108 valence electrons. The maximum atomic E-state index is 13.6. The first-order valence-electron chi connectivity index (χ1n) is 6.63. The largest absolute Gasteiger partial charge is 0.354 e. The Morgan fingerprint density at radius 2 is 2.25 bits per heavy atom. The molecule has 1 heterocycles. The van der Waals surface area contributed by atoms with E-state index in [0.29, 0.717) is 22.4 Å². The second kappa shape index (κ2) is 5.75. The normalized spacial score (nSPS) is 12.6. The number of hydrogen-bond acceptors (Lipinski definition) is 2. The van der Waals surface area contributed by atoms with Crippen LogP contribution in [0.2, 0.25) is 0 Å². The highest BCUT2D eigenvalue weighted by Gasteiger charge is 2.18. The molecule has 6 heteroatoms. The van der Waals surface area contributed by atoms with Gasteiger partial charge in [0, 0.05) is 6.54 Å². The van der Waals surface area contributed by atoms with Crippen molar-refractivity contribution >= 4 is 29.2 Å². The molecule has 0 aliphatic rings. The summed E-state index contributed by atoms with van der Waals surface area (Å²) in [6, 6.07) is 2.68. The molecule has 0 bridgehead atoms. The minimum Gasteiger partial charge on any atom is -0.354 e. The van der Waals surface area contributed by atoms with Crippen LogP contribution in [0.25, 0.3) is 11.0 Å². The number of amides is 1. The molecule has 20 heavy (non-hydrogen) atoms. The van der Waals surface area contributed by atoms with E-state index in [2.05, 4.69) is 10.3 Å². The molecule has 2 N–H and O–H groups in total. The fourth-order valence-corrected chi connectivity index (χ4v) is 2.51. The molecular formula is C14H18FN3OS. The molecule has 1 atom stereocenters. The number of aryl methyl sites for hydroxylation is 1. The maximum Gasteiger partial charge on any atom is 0.242 e. The topological polar surface area (TPSA) is 49.8 Å². The number of nitrogens with one attached hydrogen (secondary N) is 2. The van der Waals surface area contributed by atoms with Gasteiger partial charge in [-0.1, -0.05) is 6.92 Å². The van der Waals surface area contributed by atoms with Gasteiger partial charge in [-0.25, -0.2) is 4.39 Å². The van der Waals surface area contributed by atoms with Gasteiger partial charge in [-0.05, 0) is 50.2 Å². The highest BCUT2D eigenvalue weighted by molar-refractivity contribution is 7.71. The molecule has 1 unspecified atom stereocenters. The van der Waals surface area contributed by atoms with Crippen molar-refractivity contribution in [2.24, 2.45) is 0 Å². The number of hydrogen-bond donors (Lipinski definition) is 2. The summed E-state index contributed by atoms with van der Waals surface area (Å²) in [6.45, 7) is 6.10. The first-order valence-corrected chi connectivity index (χ1v) is 7.04. The lowest BCUT2D eigenvalue weighted by Crippen LogP contribution is -2.31. The number of H-pyrrole nitrogens is 1. The molecule has 1 aromatic carbocycles. The number of carbonyl (C=O) groups excluding carboxylic acids is 1. The summed E-state index contributed by atoms with van der Waals surface area (Å²) in [6.07, 6.45) is 0.877. The first kappa shape index (κ1) is 14.7. The summed E-state index contributed by atoms with van der Waals surface area (Å²) in [4.78, 5) is 15.0. The second-order valence-corrected chi connectivity index (χ2v) is 5.27. The Hall–Kier alpha value is -1.69. The summed E-state index contributed by atoms with van der Waals surface area (Å²) >= 11 is 5.25. The number of aromatic amines is 1. The number of halogens is 1. The highest BCUT2D eigenvalue weighted by atomic mass is 32.1. The standard InChI is InChI=1S/C14H18FN3OS/c1-4-5-16-13(19)9(3)18-12-6-8(2)10(15)7-11(12)17-14(18)20/h6-7,9H,4-5H2,1-3H3,(H,16,19)(H,17,20). The molecule has 0 fully saturated rings. The van der Waals surface area contributed by atoms with Gasteiger partial charge in [-0.2, -0.15) is 0 Å². The Balaban J connectivity index is 2.48. The molecule has 1 amide bonds. The van der Waals surface area contributed by atoms with Gasteiger partial charge in [0.2, 0.25) is 5.91 Å². The van der Waals surface area contributed by atoms with E-state index in [9.17, 15) is 9.18 Å². The highest BCUT2D eigenvalue weighted by Crippen LogP contribution is 2.22. The van der Waals surface area contributed by atoms with Crippen LogP contribution in [0.15, 0.2) is 12.1 Å². The molecule has 0 saturated carbocycles. The van der Waals surface area contributed by atoms with Crippen molar-refractivity contribution in [1.82, 2.24) is 14.9 Å². The van der Waals surface area contributed by atoms with Gasteiger partial charge < -0.3 is 14.9 Å². The average Bonchev–Trinajstić information content (AvgIpc) is 2.71. The molecule has 2 rings (SSSR count). The van der Waals surface area contributed by atoms with Crippen LogP contribution in [-0.2, 0) is 4.79 Å². The Bertz CT molecular complexity index is 704. The van der Waals surface area contributed by atoms with Crippen LogP contribution in [-0.4, -0.2) is 22.0 Å². The maximum absolute atomic E-state index is 13.6. The molecule has 4 nitrogen and oxygen atoms in total. The number of carbonyl (C=O) groups is 1. The lowest BCUT2D eigenvalue weighted by Gasteiger charge is -2.14. The molecule has 0 aliphatic carbocycles. The van der Waals surface area contributed by atoms with Gasteiger partial charge >= 0.3 is 0 Å². The van der Waals surface area contributed by atoms with E-state index in [1.807, 2.05) is 6.92 Å². The summed E-state index contributed by atoms with van der Waals surface area (Å²) in [5.74, 6) is -0.380. The third kappa shape index (κ3) is 2.60. The summed E-state index contributed by atoms with van der Waals surface area (Å²) < 4.78 is 15.7. The van der Waals surface area contributed by atoms with Crippen molar-refractivity contribution in [2.75, 3.05) is 6.54 Å². The summed E-state index contributed by atoms with van der Waals surface area (Å²) in [5, 5.41) is 2.84. The third-order valence-corrected chi connectivity index (χ3v) is 3.61. The van der Waals surface area contributed by atoms with Crippen molar-refractivity contribution in [3.8, 4) is 0 Å².